The molecule has 1 N–H and O–H groups in total. The van der Waals surface area contributed by atoms with Gasteiger partial charge in [-0.2, -0.15) is 0 Å². The Morgan fingerprint density at radius 2 is 1.51 bits per heavy atom. The molecule has 0 spiro atoms. The Morgan fingerprint density at radius 3 is 2.06 bits per heavy atom. The van der Waals surface area contributed by atoms with Gasteiger partial charge in [-0.05, 0) is 44.3 Å². The van der Waals surface area contributed by atoms with Gasteiger partial charge < -0.3 is 9.84 Å². The lowest BCUT2D eigenvalue weighted by Crippen LogP contribution is -2.59. The van der Waals surface area contributed by atoms with Crippen molar-refractivity contribution in [3.05, 3.63) is 35.9 Å². The van der Waals surface area contributed by atoms with Gasteiger partial charge in [-0.1, -0.05) is 120 Å². The zero-order valence-corrected chi connectivity index (χ0v) is 22.9. The van der Waals surface area contributed by atoms with Gasteiger partial charge in [0, 0.05) is 25.5 Å². The van der Waals surface area contributed by atoms with E-state index in [4.69, 9.17) is 4.74 Å². The molecule has 2 bridgehead atoms. The molecule has 35 heavy (non-hydrogen) atoms. The third-order valence-corrected chi connectivity index (χ3v) is 8.65. The van der Waals surface area contributed by atoms with Crippen molar-refractivity contribution in [2.75, 3.05) is 26.7 Å². The van der Waals surface area contributed by atoms with E-state index >= 15 is 0 Å². The highest BCUT2D eigenvalue weighted by Gasteiger charge is 2.47. The summed E-state index contributed by atoms with van der Waals surface area (Å²) in [5.41, 5.74) is -0.632. The zero-order chi connectivity index (χ0) is 25.0. The van der Waals surface area contributed by atoms with Gasteiger partial charge in [0.25, 0.3) is 0 Å². The van der Waals surface area contributed by atoms with E-state index < -0.39 is 11.2 Å². The monoisotopic (exact) mass is 481 g/mol. The number of piperidine rings is 3. The summed E-state index contributed by atoms with van der Waals surface area (Å²) in [5, 5.41) is 12.4. The van der Waals surface area contributed by atoms with Gasteiger partial charge in [0.1, 0.15) is 5.60 Å². The van der Waals surface area contributed by atoms with E-state index in [0.717, 1.165) is 57.3 Å². The molecule has 3 saturated heterocycles. The molecule has 0 aliphatic carbocycles. The third kappa shape index (κ3) is 7.58. The van der Waals surface area contributed by atoms with Crippen LogP contribution < -0.4 is 0 Å². The quantitative estimate of drug-likeness (QED) is 0.210. The molecule has 3 heterocycles. The van der Waals surface area contributed by atoms with Crippen LogP contribution in [0.2, 0.25) is 0 Å². The second kappa shape index (κ2) is 14.4. The Morgan fingerprint density at radius 1 is 0.943 bits per heavy atom. The molecule has 1 aromatic carbocycles. The Kier molecular flexibility index (Phi) is 11.6. The molecule has 3 heteroatoms. The van der Waals surface area contributed by atoms with E-state index in [1.54, 1.807) is 0 Å². The number of fused-ring (bicyclic) bond motifs is 3. The number of unbranched alkanes of at least 4 members (excludes halogenated alkanes) is 8. The van der Waals surface area contributed by atoms with Gasteiger partial charge in [0.2, 0.25) is 0 Å². The van der Waals surface area contributed by atoms with E-state index in [0.29, 0.717) is 5.92 Å². The van der Waals surface area contributed by atoms with E-state index in [9.17, 15) is 5.11 Å². The first-order chi connectivity index (χ1) is 17.1. The first kappa shape index (κ1) is 28.2. The molecular weight excluding hydrogens is 430 g/mol. The molecule has 3 fully saturated rings. The number of benzene rings is 1. The van der Waals surface area contributed by atoms with Crippen LogP contribution in [0.4, 0.5) is 0 Å². The lowest BCUT2D eigenvalue weighted by atomic mass is 9.73. The highest BCUT2D eigenvalue weighted by Crippen LogP contribution is 2.40. The molecule has 3 atom stereocenters. The third-order valence-electron chi connectivity index (χ3n) is 8.65. The summed E-state index contributed by atoms with van der Waals surface area (Å²) in [5.74, 6) is 7.72. The van der Waals surface area contributed by atoms with Crippen molar-refractivity contribution in [1.82, 2.24) is 4.90 Å². The van der Waals surface area contributed by atoms with Crippen LogP contribution in [0.25, 0.3) is 0 Å². The molecule has 4 rings (SSSR count). The first-order valence-corrected chi connectivity index (χ1v) is 14.7. The summed E-state index contributed by atoms with van der Waals surface area (Å²) in [4.78, 5) is 2.48. The van der Waals surface area contributed by atoms with Crippen molar-refractivity contribution in [3.63, 3.8) is 0 Å². The van der Waals surface area contributed by atoms with Crippen molar-refractivity contribution < 1.29 is 9.84 Å². The SMILES string of the molecule is CCCCCCCCC(CCCCCC)C(O)(C#C[C@@]1(OC)CN2CCC1CC2)c1ccccc1. The van der Waals surface area contributed by atoms with E-state index in [1.165, 1.54) is 57.8 Å². The standard InChI is InChI=1S/C32H51NO2/c1-4-6-8-10-11-14-18-29(17-13-9-7-5-2)32(34,30-19-15-12-16-20-30)24-23-31(35-3)27-33-25-21-28(31)22-26-33/h12,15-16,19-20,28-29,34H,4-11,13-14,17-18,21-22,25-27H2,1-3H3/t29?,31-,32?/m1/s1. The Bertz CT molecular complexity index is 776. The molecule has 3 nitrogen and oxygen atoms in total. The Balaban J connectivity index is 1.85. The van der Waals surface area contributed by atoms with Gasteiger partial charge >= 0.3 is 0 Å². The fraction of sp³-hybridized carbons (Fsp3) is 0.750. The van der Waals surface area contributed by atoms with E-state index in [2.05, 4.69) is 42.7 Å². The minimum Gasteiger partial charge on any atom is -0.373 e. The summed E-state index contributed by atoms with van der Waals surface area (Å²) < 4.78 is 6.15. The maximum atomic E-state index is 12.4. The molecule has 3 aliphatic rings. The number of methoxy groups -OCH3 is 1. The highest BCUT2D eigenvalue weighted by atomic mass is 16.5. The van der Waals surface area contributed by atoms with Crippen molar-refractivity contribution in [2.24, 2.45) is 11.8 Å². The van der Waals surface area contributed by atoms with Gasteiger partial charge in [0.05, 0.1) is 0 Å². The van der Waals surface area contributed by atoms with Crippen LogP contribution in [0.1, 0.15) is 109 Å². The second-order valence-electron chi connectivity index (χ2n) is 11.1. The molecule has 0 amide bonds. The molecule has 0 saturated carbocycles. The van der Waals surface area contributed by atoms with Crippen LogP contribution in [-0.2, 0) is 10.3 Å². The minimum absolute atomic E-state index is 0.149. The van der Waals surface area contributed by atoms with Crippen LogP contribution in [0.5, 0.6) is 0 Å². The number of nitrogens with zero attached hydrogens (tertiary/aromatic N) is 1. The van der Waals surface area contributed by atoms with Gasteiger partial charge in [-0.15, -0.1) is 0 Å². The second-order valence-corrected chi connectivity index (χ2v) is 11.1. The van der Waals surface area contributed by atoms with Crippen LogP contribution in [0.15, 0.2) is 30.3 Å². The van der Waals surface area contributed by atoms with Crippen molar-refractivity contribution in [1.29, 1.82) is 0 Å². The summed E-state index contributed by atoms with van der Waals surface area (Å²) in [6.07, 6.45) is 16.9. The fourth-order valence-corrected chi connectivity index (χ4v) is 6.30. The maximum absolute atomic E-state index is 12.4. The van der Waals surface area contributed by atoms with Crippen LogP contribution in [-0.4, -0.2) is 42.4 Å². The van der Waals surface area contributed by atoms with Gasteiger partial charge in [-0.3, -0.25) is 4.90 Å². The number of hydrogen-bond donors (Lipinski definition) is 1. The molecule has 1 aromatic rings. The summed E-state index contributed by atoms with van der Waals surface area (Å²) in [7, 11) is 1.82. The number of hydrogen-bond acceptors (Lipinski definition) is 3. The van der Waals surface area contributed by atoms with Crippen molar-refractivity contribution in [2.45, 2.75) is 115 Å². The number of rotatable bonds is 15. The fourth-order valence-electron chi connectivity index (χ4n) is 6.30. The highest BCUT2D eigenvalue weighted by molar-refractivity contribution is 5.36. The summed E-state index contributed by atoms with van der Waals surface area (Å²) >= 11 is 0. The number of ether oxygens (including phenoxy) is 1. The largest absolute Gasteiger partial charge is 0.373 e. The average Bonchev–Trinajstić information content (AvgIpc) is 2.91. The molecule has 0 radical (unpaired) electrons. The smallest absolute Gasteiger partial charge is 0.153 e. The zero-order valence-electron chi connectivity index (χ0n) is 22.9. The van der Waals surface area contributed by atoms with Gasteiger partial charge in [-0.25, -0.2) is 0 Å². The van der Waals surface area contributed by atoms with E-state index in [-0.39, 0.29) is 5.92 Å². The lowest BCUT2D eigenvalue weighted by molar-refractivity contribution is -0.0967. The predicted octanol–water partition coefficient (Wildman–Crippen LogP) is 7.33. The maximum Gasteiger partial charge on any atom is 0.153 e. The van der Waals surface area contributed by atoms with Crippen LogP contribution in [0, 0.1) is 23.7 Å². The molecule has 3 aliphatic heterocycles. The Hall–Kier alpha value is -1.34. The van der Waals surface area contributed by atoms with E-state index in [1.807, 2.05) is 25.3 Å². The minimum atomic E-state index is -1.13. The number of aliphatic hydroxyl groups is 1. The van der Waals surface area contributed by atoms with Crippen LogP contribution in [0.3, 0.4) is 0 Å². The normalized spacial score (nSPS) is 26.1. The summed E-state index contributed by atoms with van der Waals surface area (Å²) in [6, 6.07) is 10.3. The molecule has 0 aromatic heterocycles. The van der Waals surface area contributed by atoms with Gasteiger partial charge in [0.15, 0.2) is 5.60 Å². The van der Waals surface area contributed by atoms with Crippen molar-refractivity contribution >= 4 is 0 Å². The average molecular weight is 482 g/mol. The topological polar surface area (TPSA) is 32.7 Å². The summed E-state index contributed by atoms with van der Waals surface area (Å²) in [6.45, 7) is 7.70. The first-order valence-electron chi connectivity index (χ1n) is 14.7. The Labute approximate surface area is 216 Å². The molecule has 2 unspecified atom stereocenters. The molecule has 196 valence electrons. The van der Waals surface area contributed by atoms with Crippen molar-refractivity contribution in [3.8, 4) is 11.8 Å². The predicted molar refractivity (Wildman–Crippen MR) is 147 cm³/mol. The lowest BCUT2D eigenvalue weighted by Gasteiger charge is -2.50. The van der Waals surface area contributed by atoms with Crippen LogP contribution >= 0.6 is 0 Å². The molecular formula is C32H51NO2.